The van der Waals surface area contributed by atoms with Gasteiger partial charge in [-0.3, -0.25) is 0 Å². The molecule has 0 heterocycles. The van der Waals surface area contributed by atoms with Crippen LogP contribution in [0, 0.1) is 0 Å². The number of carboxylic acid groups (broad SMARTS) is 1. The normalized spacial score (nSPS) is 10.7. The Bertz CT molecular complexity index is 558. The van der Waals surface area contributed by atoms with Gasteiger partial charge >= 0.3 is 5.97 Å². The van der Waals surface area contributed by atoms with E-state index < -0.39 is 5.97 Å². The minimum Gasteiger partial charge on any atom is -0.478 e. The minimum atomic E-state index is -0.827. The molecular formula is C16H18O2. The first-order valence-electron chi connectivity index (χ1n) is 6.48. The van der Waals surface area contributed by atoms with Gasteiger partial charge in [-0.05, 0) is 35.2 Å². The standard InChI is InChI=1S/C16H18O2/c1-2-3-4-9-14-13-8-6-5-7-12(13)10-11-15(14)16(17)18/h5-8,10-11H,2-4,9H2,1H3,(H,17,18). The number of benzene rings is 2. The van der Waals surface area contributed by atoms with Crippen LogP contribution in [0.15, 0.2) is 36.4 Å². The molecule has 0 radical (unpaired) electrons. The molecule has 0 bridgehead atoms. The summed E-state index contributed by atoms with van der Waals surface area (Å²) in [5, 5.41) is 11.5. The lowest BCUT2D eigenvalue weighted by atomic mass is 9.95. The molecule has 0 saturated heterocycles. The average molecular weight is 242 g/mol. The van der Waals surface area contributed by atoms with Gasteiger partial charge in [0.2, 0.25) is 0 Å². The van der Waals surface area contributed by atoms with Crippen LogP contribution in [0.5, 0.6) is 0 Å². The van der Waals surface area contributed by atoms with E-state index >= 15 is 0 Å². The van der Waals surface area contributed by atoms with Crippen molar-refractivity contribution >= 4 is 16.7 Å². The van der Waals surface area contributed by atoms with Crippen molar-refractivity contribution in [3.63, 3.8) is 0 Å². The molecule has 2 aromatic carbocycles. The molecule has 2 heteroatoms. The largest absolute Gasteiger partial charge is 0.478 e. The molecular weight excluding hydrogens is 224 g/mol. The van der Waals surface area contributed by atoms with Crippen LogP contribution in [0.3, 0.4) is 0 Å². The van der Waals surface area contributed by atoms with Crippen LogP contribution in [-0.4, -0.2) is 11.1 Å². The van der Waals surface area contributed by atoms with E-state index in [0.29, 0.717) is 5.56 Å². The Hall–Kier alpha value is -1.83. The molecule has 2 aromatic rings. The highest BCUT2D eigenvalue weighted by Crippen LogP contribution is 2.24. The molecule has 0 aliphatic heterocycles. The fourth-order valence-corrected chi connectivity index (χ4v) is 2.36. The van der Waals surface area contributed by atoms with Gasteiger partial charge < -0.3 is 5.11 Å². The van der Waals surface area contributed by atoms with Crippen molar-refractivity contribution in [1.82, 2.24) is 0 Å². The molecule has 2 rings (SSSR count). The summed E-state index contributed by atoms with van der Waals surface area (Å²) < 4.78 is 0. The Kier molecular flexibility index (Phi) is 3.98. The van der Waals surface area contributed by atoms with Crippen LogP contribution in [0.4, 0.5) is 0 Å². The molecule has 0 aliphatic carbocycles. The third-order valence-electron chi connectivity index (χ3n) is 3.30. The molecule has 1 N–H and O–H groups in total. The number of rotatable bonds is 5. The quantitative estimate of drug-likeness (QED) is 0.795. The fourth-order valence-electron chi connectivity index (χ4n) is 2.36. The van der Waals surface area contributed by atoms with Crippen LogP contribution in [0.2, 0.25) is 0 Å². The first-order chi connectivity index (χ1) is 8.74. The van der Waals surface area contributed by atoms with Gasteiger partial charge in [-0.2, -0.15) is 0 Å². The molecule has 0 spiro atoms. The van der Waals surface area contributed by atoms with Gasteiger partial charge in [0.15, 0.2) is 0 Å². The lowest BCUT2D eigenvalue weighted by molar-refractivity contribution is 0.0696. The first-order valence-corrected chi connectivity index (χ1v) is 6.48. The van der Waals surface area contributed by atoms with Gasteiger partial charge in [-0.25, -0.2) is 4.79 Å². The summed E-state index contributed by atoms with van der Waals surface area (Å²) in [6.45, 7) is 2.15. The van der Waals surface area contributed by atoms with Crippen molar-refractivity contribution in [2.24, 2.45) is 0 Å². The highest BCUT2D eigenvalue weighted by Gasteiger charge is 2.12. The summed E-state index contributed by atoms with van der Waals surface area (Å²) in [7, 11) is 0. The monoisotopic (exact) mass is 242 g/mol. The van der Waals surface area contributed by atoms with E-state index in [1.807, 2.05) is 30.3 Å². The lowest BCUT2D eigenvalue weighted by Gasteiger charge is -2.10. The zero-order chi connectivity index (χ0) is 13.0. The van der Waals surface area contributed by atoms with E-state index in [9.17, 15) is 9.90 Å². The summed E-state index contributed by atoms with van der Waals surface area (Å²) in [6, 6.07) is 11.6. The van der Waals surface area contributed by atoms with Gasteiger partial charge in [-0.1, -0.05) is 50.1 Å². The lowest BCUT2D eigenvalue weighted by Crippen LogP contribution is -2.03. The summed E-state index contributed by atoms with van der Waals surface area (Å²) in [6.07, 6.45) is 4.18. The topological polar surface area (TPSA) is 37.3 Å². The molecule has 0 aliphatic rings. The number of hydrogen-bond donors (Lipinski definition) is 1. The van der Waals surface area contributed by atoms with Gasteiger partial charge in [0.25, 0.3) is 0 Å². The minimum absolute atomic E-state index is 0.449. The third kappa shape index (κ3) is 2.53. The van der Waals surface area contributed by atoms with E-state index in [0.717, 1.165) is 42.0 Å². The average Bonchev–Trinajstić information content (AvgIpc) is 2.38. The predicted octanol–water partition coefficient (Wildman–Crippen LogP) is 4.27. The third-order valence-corrected chi connectivity index (χ3v) is 3.30. The van der Waals surface area contributed by atoms with Gasteiger partial charge in [0.1, 0.15) is 0 Å². The Morgan fingerprint density at radius 1 is 1.11 bits per heavy atom. The Morgan fingerprint density at radius 3 is 2.61 bits per heavy atom. The van der Waals surface area contributed by atoms with E-state index in [1.165, 1.54) is 0 Å². The van der Waals surface area contributed by atoms with Crippen LogP contribution < -0.4 is 0 Å². The molecule has 0 aromatic heterocycles. The zero-order valence-corrected chi connectivity index (χ0v) is 10.6. The second-order valence-corrected chi connectivity index (χ2v) is 4.58. The van der Waals surface area contributed by atoms with Gasteiger partial charge in [-0.15, -0.1) is 0 Å². The smallest absolute Gasteiger partial charge is 0.335 e. The number of hydrogen-bond acceptors (Lipinski definition) is 1. The van der Waals surface area contributed by atoms with Crippen LogP contribution in [-0.2, 0) is 6.42 Å². The number of aromatic carboxylic acids is 1. The Labute approximate surface area is 107 Å². The van der Waals surface area contributed by atoms with Crippen molar-refractivity contribution in [2.75, 3.05) is 0 Å². The molecule has 0 atom stereocenters. The van der Waals surface area contributed by atoms with E-state index in [1.54, 1.807) is 6.07 Å². The second-order valence-electron chi connectivity index (χ2n) is 4.58. The van der Waals surface area contributed by atoms with Gasteiger partial charge in [0, 0.05) is 0 Å². The van der Waals surface area contributed by atoms with Gasteiger partial charge in [0.05, 0.1) is 5.56 Å². The number of carbonyl (C=O) groups is 1. The molecule has 0 saturated carbocycles. The molecule has 0 unspecified atom stereocenters. The summed E-state index contributed by atoms with van der Waals surface area (Å²) in [5.74, 6) is -0.827. The molecule has 18 heavy (non-hydrogen) atoms. The number of aryl methyl sites for hydroxylation is 1. The van der Waals surface area contributed by atoms with Crippen molar-refractivity contribution < 1.29 is 9.90 Å². The maximum absolute atomic E-state index is 11.3. The summed E-state index contributed by atoms with van der Waals surface area (Å²) in [4.78, 5) is 11.3. The highest BCUT2D eigenvalue weighted by molar-refractivity contribution is 5.97. The maximum atomic E-state index is 11.3. The van der Waals surface area contributed by atoms with Crippen LogP contribution in [0.25, 0.3) is 10.8 Å². The van der Waals surface area contributed by atoms with Crippen molar-refractivity contribution in [2.45, 2.75) is 32.6 Å². The zero-order valence-electron chi connectivity index (χ0n) is 10.6. The molecule has 2 nitrogen and oxygen atoms in total. The number of unbranched alkanes of at least 4 members (excludes halogenated alkanes) is 2. The molecule has 0 amide bonds. The fraction of sp³-hybridized carbons (Fsp3) is 0.312. The van der Waals surface area contributed by atoms with E-state index in [2.05, 4.69) is 6.92 Å². The van der Waals surface area contributed by atoms with Crippen LogP contribution >= 0.6 is 0 Å². The molecule has 94 valence electrons. The Morgan fingerprint density at radius 2 is 1.89 bits per heavy atom. The second kappa shape index (κ2) is 5.67. The molecule has 0 fully saturated rings. The van der Waals surface area contributed by atoms with Crippen LogP contribution in [0.1, 0.15) is 42.1 Å². The van der Waals surface area contributed by atoms with Crippen molar-refractivity contribution in [3.8, 4) is 0 Å². The number of carboxylic acids is 1. The SMILES string of the molecule is CCCCCc1c(C(=O)O)ccc2ccccc12. The highest BCUT2D eigenvalue weighted by atomic mass is 16.4. The Balaban J connectivity index is 2.48. The predicted molar refractivity (Wildman–Crippen MR) is 74.1 cm³/mol. The summed E-state index contributed by atoms with van der Waals surface area (Å²) in [5.41, 5.74) is 1.43. The van der Waals surface area contributed by atoms with E-state index in [-0.39, 0.29) is 0 Å². The van der Waals surface area contributed by atoms with Crippen molar-refractivity contribution in [3.05, 3.63) is 47.5 Å². The van der Waals surface area contributed by atoms with E-state index in [4.69, 9.17) is 0 Å². The first kappa shape index (κ1) is 12.6. The maximum Gasteiger partial charge on any atom is 0.335 e. The summed E-state index contributed by atoms with van der Waals surface area (Å²) >= 11 is 0. The number of fused-ring (bicyclic) bond motifs is 1. The van der Waals surface area contributed by atoms with Crippen molar-refractivity contribution in [1.29, 1.82) is 0 Å².